The smallest absolute Gasteiger partial charge is 0.293 e. The summed E-state index contributed by atoms with van der Waals surface area (Å²) in [6.45, 7) is 2.10. The van der Waals surface area contributed by atoms with Crippen LogP contribution in [0.2, 0.25) is 0 Å². The molecule has 1 fully saturated rings. The largest absolute Gasteiger partial charge is 0.382 e. The van der Waals surface area contributed by atoms with E-state index in [2.05, 4.69) is 27.4 Å². The molecule has 2 aliphatic carbocycles. The maximum atomic E-state index is 15.3. The van der Waals surface area contributed by atoms with Crippen LogP contribution >= 0.6 is 0 Å². The lowest BCUT2D eigenvalue weighted by atomic mass is 9.93. The minimum Gasteiger partial charge on any atom is -0.382 e. The molecule has 2 aromatic carbocycles. The summed E-state index contributed by atoms with van der Waals surface area (Å²) in [5.41, 5.74) is 5.11. The summed E-state index contributed by atoms with van der Waals surface area (Å²) < 4.78 is 89.5. The second-order valence-corrected chi connectivity index (χ2v) is 13.4. The molecule has 7 rings (SSSR count). The summed E-state index contributed by atoms with van der Waals surface area (Å²) in [4.78, 5) is 18.5. The number of benzene rings is 2. The van der Waals surface area contributed by atoms with Gasteiger partial charge in [-0.25, -0.2) is 22.5 Å². The molecule has 3 heterocycles. The first-order chi connectivity index (χ1) is 24.0. The van der Waals surface area contributed by atoms with Crippen LogP contribution in [0.15, 0.2) is 48.5 Å². The molecule has 0 radical (unpaired) electrons. The highest BCUT2D eigenvalue weighted by atomic mass is 19.3. The lowest BCUT2D eigenvalue weighted by Crippen LogP contribution is -2.35. The average Bonchev–Trinajstić information content (AvgIpc) is 3.60. The highest BCUT2D eigenvalue weighted by Crippen LogP contribution is 2.68. The molecular formula is C36H31F6N7O2. The number of hydrogen-bond donors (Lipinski definition) is 3. The molecule has 51 heavy (non-hydrogen) atoms. The maximum Gasteiger partial charge on any atom is 0.293 e. The highest BCUT2D eigenvalue weighted by Gasteiger charge is 2.67. The molecule has 0 unspecified atom stereocenters. The maximum absolute atomic E-state index is 15.3. The van der Waals surface area contributed by atoms with Gasteiger partial charge in [0.15, 0.2) is 5.82 Å². The van der Waals surface area contributed by atoms with Gasteiger partial charge in [0.25, 0.3) is 12.3 Å². The number of nitrogen functional groups attached to an aromatic ring is 1. The number of anilines is 1. The molecule has 5 aromatic rings. The number of carbonyl (C=O) groups excluding carboxylic acids is 1. The van der Waals surface area contributed by atoms with Gasteiger partial charge in [-0.1, -0.05) is 18.1 Å². The van der Waals surface area contributed by atoms with E-state index in [1.165, 1.54) is 13.8 Å². The predicted octanol–water partition coefficient (Wildman–Crippen LogP) is 6.06. The number of nitrogens with one attached hydrogen (secondary N) is 1. The van der Waals surface area contributed by atoms with Gasteiger partial charge in [-0.05, 0) is 74.4 Å². The van der Waals surface area contributed by atoms with Crippen molar-refractivity contribution < 1.29 is 36.2 Å². The molecular weight excluding hydrogens is 676 g/mol. The Bertz CT molecular complexity index is 2260. The number of aryl methyl sites for hydroxylation is 1. The Morgan fingerprint density at radius 2 is 1.82 bits per heavy atom. The molecule has 264 valence electrons. The number of fused-ring (bicyclic) bond motifs is 4. The lowest BCUT2D eigenvalue weighted by Gasteiger charge is -2.23. The first-order valence-corrected chi connectivity index (χ1v) is 16.0. The molecule has 4 N–H and O–H groups in total. The zero-order chi connectivity index (χ0) is 36.6. The van der Waals surface area contributed by atoms with E-state index >= 15 is 8.78 Å². The van der Waals surface area contributed by atoms with E-state index in [4.69, 9.17) is 10.7 Å². The van der Waals surface area contributed by atoms with E-state index in [9.17, 15) is 27.5 Å². The Balaban J connectivity index is 1.35. The van der Waals surface area contributed by atoms with Gasteiger partial charge in [-0.15, -0.1) is 0 Å². The number of pyridine rings is 1. The van der Waals surface area contributed by atoms with Crippen molar-refractivity contribution in [2.75, 3.05) is 5.73 Å². The molecule has 15 heteroatoms. The van der Waals surface area contributed by atoms with Crippen molar-refractivity contribution in [1.29, 1.82) is 0 Å². The van der Waals surface area contributed by atoms with Crippen LogP contribution in [0.4, 0.5) is 32.2 Å². The van der Waals surface area contributed by atoms with Gasteiger partial charge in [-0.2, -0.15) is 19.0 Å². The fourth-order valence-corrected chi connectivity index (χ4v) is 6.97. The van der Waals surface area contributed by atoms with Crippen LogP contribution in [0.3, 0.4) is 0 Å². The number of nitrogens with two attached hydrogens (primary N) is 1. The highest BCUT2D eigenvalue weighted by molar-refractivity contribution is 6.00. The Kier molecular flexibility index (Phi) is 8.13. The van der Waals surface area contributed by atoms with Crippen molar-refractivity contribution in [2.24, 2.45) is 13.0 Å². The summed E-state index contributed by atoms with van der Waals surface area (Å²) in [6.07, 6.45) is -3.32. The number of nitrogens with zero attached hydrogens (tertiary/aromatic N) is 5. The zero-order valence-electron chi connectivity index (χ0n) is 27.5. The van der Waals surface area contributed by atoms with Gasteiger partial charge in [0, 0.05) is 41.1 Å². The third-order valence-electron chi connectivity index (χ3n) is 9.09. The first kappa shape index (κ1) is 34.1. The number of aromatic nitrogens is 5. The molecule has 1 amide bonds. The van der Waals surface area contributed by atoms with Crippen molar-refractivity contribution in [3.05, 3.63) is 94.1 Å². The average molecular weight is 708 g/mol. The summed E-state index contributed by atoms with van der Waals surface area (Å²) in [5, 5.41) is 21.7. The third-order valence-corrected chi connectivity index (χ3v) is 9.09. The molecule has 0 aliphatic heterocycles. The Morgan fingerprint density at radius 1 is 1.10 bits per heavy atom. The molecule has 3 atom stereocenters. The van der Waals surface area contributed by atoms with Crippen LogP contribution in [0.1, 0.15) is 72.6 Å². The van der Waals surface area contributed by atoms with Gasteiger partial charge >= 0.3 is 0 Å². The van der Waals surface area contributed by atoms with Crippen molar-refractivity contribution >= 4 is 22.6 Å². The number of aliphatic hydroxyl groups is 1. The molecule has 9 nitrogen and oxygen atoms in total. The van der Waals surface area contributed by atoms with Crippen LogP contribution in [0.25, 0.3) is 22.0 Å². The SMILES string of the molecule is Cn1nc(N)c2cccc(-c3ccc(C#CC(C)(C)O)nc3[C@H](Cc3cc(F)cc(F)c3)NC(=O)Cn3nc(C(F)F)c4c3C(F)(F)[C@@H]3C[C@H]43)c21. The van der Waals surface area contributed by atoms with Crippen LogP contribution in [-0.4, -0.2) is 41.2 Å². The fraction of sp³-hybridized carbons (Fsp3) is 0.333. The third kappa shape index (κ3) is 6.28. The van der Waals surface area contributed by atoms with E-state index in [0.717, 1.165) is 12.1 Å². The first-order valence-electron chi connectivity index (χ1n) is 16.0. The van der Waals surface area contributed by atoms with Crippen LogP contribution in [-0.2, 0) is 30.7 Å². The minimum atomic E-state index is -3.45. The predicted molar refractivity (Wildman–Crippen MR) is 174 cm³/mol. The van der Waals surface area contributed by atoms with E-state index < -0.39 is 71.3 Å². The van der Waals surface area contributed by atoms with Crippen LogP contribution < -0.4 is 11.1 Å². The Morgan fingerprint density at radius 3 is 2.51 bits per heavy atom. The van der Waals surface area contributed by atoms with E-state index in [1.807, 2.05) is 0 Å². The molecule has 0 bridgehead atoms. The number of rotatable bonds is 8. The molecule has 1 saturated carbocycles. The number of para-hydroxylation sites is 1. The topological polar surface area (TPSA) is 124 Å². The second kappa shape index (κ2) is 12.2. The second-order valence-electron chi connectivity index (χ2n) is 13.4. The van der Waals surface area contributed by atoms with Crippen LogP contribution in [0, 0.1) is 29.4 Å². The van der Waals surface area contributed by atoms with Gasteiger partial charge < -0.3 is 16.2 Å². The standard InChI is InChI=1S/C36H31F6N7O2/c1-35(2,51)10-9-20-7-8-21(22-5-4-6-23-31(22)48(3)47-34(23)43)29(44-20)26(13-17-11-18(37)14-19(38)12-17)45-27(50)16-49-32-28(30(46-49)33(39)40)24-15-25(24)36(32,41)42/h4-8,11-12,14,24-26,33,51H,13,15-16H2,1-3H3,(H2,43,47)(H,45,50)/t24-,25+,26-/m0/s1. The quantitative estimate of drug-likeness (QED) is 0.133. The Hall–Kier alpha value is -5.36. The van der Waals surface area contributed by atoms with E-state index in [1.54, 1.807) is 42.1 Å². The number of carbonyl (C=O) groups is 1. The van der Waals surface area contributed by atoms with Gasteiger partial charge in [0.05, 0.1) is 17.3 Å². The van der Waals surface area contributed by atoms with Gasteiger partial charge in [0.2, 0.25) is 5.91 Å². The van der Waals surface area contributed by atoms with Gasteiger partial charge in [0.1, 0.15) is 40.9 Å². The van der Waals surface area contributed by atoms with Crippen molar-refractivity contribution in [3.8, 4) is 23.0 Å². The van der Waals surface area contributed by atoms with Crippen LogP contribution in [0.5, 0.6) is 0 Å². The molecule has 3 aromatic heterocycles. The summed E-state index contributed by atoms with van der Waals surface area (Å²) >= 11 is 0. The number of hydrogen-bond acceptors (Lipinski definition) is 6. The van der Waals surface area contributed by atoms with Crippen molar-refractivity contribution in [3.63, 3.8) is 0 Å². The minimum absolute atomic E-state index is 0.0556. The number of halogens is 6. The monoisotopic (exact) mass is 707 g/mol. The summed E-state index contributed by atoms with van der Waals surface area (Å²) in [6, 6.07) is 10.2. The van der Waals surface area contributed by atoms with E-state index in [-0.39, 0.29) is 41.2 Å². The zero-order valence-corrected chi connectivity index (χ0v) is 27.5. The molecule has 0 spiro atoms. The molecule has 2 aliphatic rings. The Labute approximate surface area is 287 Å². The number of amides is 1. The lowest BCUT2D eigenvalue weighted by molar-refractivity contribution is -0.123. The van der Waals surface area contributed by atoms with Gasteiger partial charge in [-0.3, -0.25) is 14.2 Å². The summed E-state index contributed by atoms with van der Waals surface area (Å²) in [5.74, 6) is -2.27. The van der Waals surface area contributed by atoms with E-state index in [0.29, 0.717) is 32.8 Å². The molecule has 0 saturated heterocycles. The number of alkyl halides is 4. The van der Waals surface area contributed by atoms with Crippen molar-refractivity contribution in [1.82, 2.24) is 29.9 Å². The van der Waals surface area contributed by atoms with Crippen molar-refractivity contribution in [2.45, 2.75) is 63.1 Å². The normalized spacial score (nSPS) is 17.9. The summed E-state index contributed by atoms with van der Waals surface area (Å²) in [7, 11) is 1.68. The fourth-order valence-electron chi connectivity index (χ4n) is 6.97.